The zero-order chi connectivity index (χ0) is 21.0. The predicted molar refractivity (Wildman–Crippen MR) is 108 cm³/mol. The fourth-order valence-corrected chi connectivity index (χ4v) is 3.87. The summed E-state index contributed by atoms with van der Waals surface area (Å²) in [6, 6.07) is 10.4. The Morgan fingerprint density at radius 1 is 1.03 bits per heavy atom. The van der Waals surface area contributed by atoms with Gasteiger partial charge in [-0.05, 0) is 30.3 Å². The molecule has 0 unspecified atom stereocenters. The van der Waals surface area contributed by atoms with Gasteiger partial charge in [-0.2, -0.15) is 4.99 Å². The molecule has 0 spiro atoms. The molecule has 0 aliphatic heterocycles. The van der Waals surface area contributed by atoms with Crippen molar-refractivity contribution in [2.75, 3.05) is 28.4 Å². The standard InChI is InChI=1S/C20H20N2O6S/c1-25-12-8-9-14-16(10-12)29-20(22(14)11-17(23)27-3)21-19(24)13-6-5-7-15(26-2)18(13)28-4/h5-10H,11H2,1-4H3. The Morgan fingerprint density at radius 2 is 1.83 bits per heavy atom. The molecule has 152 valence electrons. The van der Waals surface area contributed by atoms with E-state index in [1.54, 1.807) is 35.9 Å². The first kappa shape index (κ1) is 20.4. The van der Waals surface area contributed by atoms with Crippen LogP contribution in [0.25, 0.3) is 10.2 Å². The smallest absolute Gasteiger partial charge is 0.325 e. The van der Waals surface area contributed by atoms with Gasteiger partial charge in [-0.1, -0.05) is 17.4 Å². The molecule has 0 radical (unpaired) electrons. The lowest BCUT2D eigenvalue weighted by Gasteiger charge is -2.10. The number of fused-ring (bicyclic) bond motifs is 1. The van der Waals surface area contributed by atoms with Crippen molar-refractivity contribution in [2.45, 2.75) is 6.54 Å². The van der Waals surface area contributed by atoms with Crippen molar-refractivity contribution in [1.29, 1.82) is 0 Å². The van der Waals surface area contributed by atoms with Crippen LogP contribution in [0, 0.1) is 0 Å². The topological polar surface area (TPSA) is 88.4 Å². The maximum atomic E-state index is 12.9. The molecule has 0 aliphatic carbocycles. The van der Waals surface area contributed by atoms with Crippen LogP contribution in [-0.2, 0) is 16.1 Å². The summed E-state index contributed by atoms with van der Waals surface area (Å²) in [5, 5.41) is 0. The molecule has 0 fully saturated rings. The number of benzene rings is 2. The zero-order valence-corrected chi connectivity index (χ0v) is 17.2. The number of carbonyl (C=O) groups is 2. The minimum absolute atomic E-state index is 0.0792. The lowest BCUT2D eigenvalue weighted by Crippen LogP contribution is -2.22. The number of carbonyl (C=O) groups excluding carboxylic acids is 2. The van der Waals surface area contributed by atoms with Gasteiger partial charge in [-0.15, -0.1) is 0 Å². The number of thiazole rings is 1. The Balaban J connectivity index is 2.17. The molecule has 1 aromatic heterocycles. The van der Waals surface area contributed by atoms with Gasteiger partial charge in [0.15, 0.2) is 16.3 Å². The van der Waals surface area contributed by atoms with Gasteiger partial charge in [0.05, 0.1) is 44.2 Å². The number of hydrogen-bond acceptors (Lipinski definition) is 7. The number of rotatable bonds is 6. The van der Waals surface area contributed by atoms with Crippen LogP contribution in [-0.4, -0.2) is 44.9 Å². The number of esters is 1. The normalized spacial score (nSPS) is 11.4. The van der Waals surface area contributed by atoms with Gasteiger partial charge in [0.25, 0.3) is 5.91 Å². The van der Waals surface area contributed by atoms with E-state index in [0.717, 1.165) is 10.2 Å². The quantitative estimate of drug-likeness (QED) is 0.574. The maximum absolute atomic E-state index is 12.9. The van der Waals surface area contributed by atoms with Gasteiger partial charge in [-0.3, -0.25) is 9.59 Å². The Kier molecular flexibility index (Phi) is 6.18. The van der Waals surface area contributed by atoms with Crippen molar-refractivity contribution >= 4 is 33.4 Å². The van der Waals surface area contributed by atoms with E-state index in [4.69, 9.17) is 18.9 Å². The van der Waals surface area contributed by atoms with Gasteiger partial charge in [0.1, 0.15) is 12.3 Å². The number of nitrogens with zero attached hydrogens (tertiary/aromatic N) is 2. The summed E-state index contributed by atoms with van der Waals surface area (Å²) in [6.45, 7) is -0.0792. The van der Waals surface area contributed by atoms with Crippen LogP contribution in [0.1, 0.15) is 10.4 Å². The molecule has 3 rings (SSSR count). The van der Waals surface area contributed by atoms with Crippen LogP contribution in [0.4, 0.5) is 0 Å². The summed E-state index contributed by atoms with van der Waals surface area (Å²) >= 11 is 1.27. The van der Waals surface area contributed by atoms with Crippen molar-refractivity contribution in [3.8, 4) is 17.2 Å². The summed E-state index contributed by atoms with van der Waals surface area (Å²) in [5.74, 6) is 0.422. The van der Waals surface area contributed by atoms with E-state index in [1.165, 1.54) is 32.7 Å². The Bertz CT molecular complexity index is 1130. The van der Waals surface area contributed by atoms with Gasteiger partial charge in [0.2, 0.25) is 0 Å². The van der Waals surface area contributed by atoms with Crippen molar-refractivity contribution < 1.29 is 28.5 Å². The molecule has 2 aromatic carbocycles. The lowest BCUT2D eigenvalue weighted by molar-refractivity contribution is -0.141. The largest absolute Gasteiger partial charge is 0.497 e. The van der Waals surface area contributed by atoms with Crippen molar-refractivity contribution in [1.82, 2.24) is 4.57 Å². The Hall–Kier alpha value is -3.33. The van der Waals surface area contributed by atoms with E-state index in [-0.39, 0.29) is 12.1 Å². The average Bonchev–Trinajstić information content (AvgIpc) is 3.08. The third kappa shape index (κ3) is 4.09. The number of para-hydroxylation sites is 1. The monoisotopic (exact) mass is 416 g/mol. The highest BCUT2D eigenvalue weighted by Gasteiger charge is 2.18. The highest BCUT2D eigenvalue weighted by molar-refractivity contribution is 7.16. The van der Waals surface area contributed by atoms with Crippen molar-refractivity contribution in [3.63, 3.8) is 0 Å². The van der Waals surface area contributed by atoms with E-state index in [0.29, 0.717) is 22.0 Å². The summed E-state index contributed by atoms with van der Waals surface area (Å²) in [5.41, 5.74) is 0.997. The maximum Gasteiger partial charge on any atom is 0.325 e. The summed E-state index contributed by atoms with van der Waals surface area (Å²) in [4.78, 5) is 29.4. The summed E-state index contributed by atoms with van der Waals surface area (Å²) in [6.07, 6.45) is 0. The minimum atomic E-state index is -0.516. The molecular weight excluding hydrogens is 396 g/mol. The molecule has 0 aliphatic rings. The molecule has 29 heavy (non-hydrogen) atoms. The molecule has 0 saturated heterocycles. The molecule has 8 nitrogen and oxygen atoms in total. The number of aromatic nitrogens is 1. The Labute approximate surface area is 170 Å². The van der Waals surface area contributed by atoms with Gasteiger partial charge >= 0.3 is 5.97 Å². The highest BCUT2D eigenvalue weighted by atomic mass is 32.1. The fraction of sp³-hybridized carbons (Fsp3) is 0.250. The van der Waals surface area contributed by atoms with Crippen molar-refractivity contribution in [2.24, 2.45) is 4.99 Å². The molecule has 3 aromatic rings. The SMILES string of the molecule is COC(=O)Cn1c(=NC(=O)c2cccc(OC)c2OC)sc2cc(OC)ccc21. The molecule has 0 N–H and O–H groups in total. The number of hydrogen-bond donors (Lipinski definition) is 0. The first-order valence-electron chi connectivity index (χ1n) is 8.56. The average molecular weight is 416 g/mol. The third-order valence-corrected chi connectivity index (χ3v) is 5.28. The number of methoxy groups -OCH3 is 4. The van der Waals surface area contributed by atoms with E-state index in [2.05, 4.69) is 4.99 Å². The van der Waals surface area contributed by atoms with E-state index < -0.39 is 11.9 Å². The summed E-state index contributed by atoms with van der Waals surface area (Å²) in [7, 11) is 5.83. The van der Waals surface area contributed by atoms with Gasteiger partial charge in [-0.25, -0.2) is 0 Å². The third-order valence-electron chi connectivity index (χ3n) is 4.24. The molecule has 1 heterocycles. The molecule has 0 bridgehead atoms. The van der Waals surface area contributed by atoms with Crippen LogP contribution < -0.4 is 19.0 Å². The molecule has 0 atom stereocenters. The van der Waals surface area contributed by atoms with Gasteiger partial charge in [0, 0.05) is 0 Å². The first-order valence-corrected chi connectivity index (χ1v) is 9.38. The van der Waals surface area contributed by atoms with E-state index in [1.807, 2.05) is 12.1 Å². The molecular formula is C20H20N2O6S. The predicted octanol–water partition coefficient (Wildman–Crippen LogP) is 2.64. The molecule has 0 saturated carbocycles. The Morgan fingerprint density at radius 3 is 2.48 bits per heavy atom. The van der Waals surface area contributed by atoms with Gasteiger partial charge < -0.3 is 23.5 Å². The fourth-order valence-electron chi connectivity index (χ4n) is 2.81. The lowest BCUT2D eigenvalue weighted by atomic mass is 10.2. The van der Waals surface area contributed by atoms with E-state index >= 15 is 0 Å². The van der Waals surface area contributed by atoms with E-state index in [9.17, 15) is 9.59 Å². The second-order valence-electron chi connectivity index (χ2n) is 5.84. The molecule has 1 amide bonds. The molecule has 9 heteroatoms. The zero-order valence-electron chi connectivity index (χ0n) is 16.4. The van der Waals surface area contributed by atoms with Crippen LogP contribution >= 0.6 is 11.3 Å². The minimum Gasteiger partial charge on any atom is -0.497 e. The summed E-state index contributed by atoms with van der Waals surface area (Å²) < 4.78 is 23.1. The van der Waals surface area contributed by atoms with Crippen LogP contribution in [0.15, 0.2) is 41.4 Å². The second kappa shape index (κ2) is 8.78. The van der Waals surface area contributed by atoms with Crippen LogP contribution in [0.5, 0.6) is 17.2 Å². The second-order valence-corrected chi connectivity index (χ2v) is 6.85. The van der Waals surface area contributed by atoms with Crippen LogP contribution in [0.3, 0.4) is 0 Å². The number of ether oxygens (including phenoxy) is 4. The number of amides is 1. The van der Waals surface area contributed by atoms with Crippen molar-refractivity contribution in [3.05, 3.63) is 46.8 Å². The first-order chi connectivity index (χ1) is 14.0. The van der Waals surface area contributed by atoms with Crippen LogP contribution in [0.2, 0.25) is 0 Å². The highest BCUT2D eigenvalue weighted by Crippen LogP contribution is 2.31.